The molecule has 2 saturated heterocycles. The first kappa shape index (κ1) is 30.8. The van der Waals surface area contributed by atoms with Gasteiger partial charge >= 0.3 is 12.3 Å². The van der Waals surface area contributed by atoms with E-state index in [0.717, 1.165) is 11.7 Å². The summed E-state index contributed by atoms with van der Waals surface area (Å²) in [5, 5.41) is 18.0. The zero-order chi connectivity index (χ0) is 32.1. The van der Waals surface area contributed by atoms with Crippen LogP contribution in [0.15, 0.2) is 36.9 Å². The average molecular weight is 645 g/mol. The molecule has 0 saturated carbocycles. The quantitative estimate of drug-likeness (QED) is 0.190. The molecule has 2 aliphatic heterocycles. The summed E-state index contributed by atoms with van der Waals surface area (Å²) >= 11 is 0. The molecule has 1 N–H and O–H groups in total. The number of pyridine rings is 2. The molecule has 4 aromatic heterocycles. The maximum absolute atomic E-state index is 14.2. The van der Waals surface area contributed by atoms with Gasteiger partial charge in [0.1, 0.15) is 18.8 Å². The third-order valence-corrected chi connectivity index (χ3v) is 9.91. The van der Waals surface area contributed by atoms with Crippen molar-refractivity contribution in [2.24, 2.45) is 5.41 Å². The highest BCUT2D eigenvalue weighted by molar-refractivity contribution is 6.76. The van der Waals surface area contributed by atoms with Crippen molar-refractivity contribution in [2.45, 2.75) is 45.0 Å². The Bertz CT molecular complexity index is 1700. The molecule has 4 aromatic rings. The Morgan fingerprint density at radius 2 is 1.89 bits per heavy atom. The number of nitrogens with zero attached hydrogens (tertiary/aromatic N) is 8. The van der Waals surface area contributed by atoms with Crippen LogP contribution in [-0.4, -0.2) is 99.6 Å². The van der Waals surface area contributed by atoms with Crippen molar-refractivity contribution in [3.63, 3.8) is 0 Å². The molecule has 6 rings (SSSR count). The Hall–Kier alpha value is -4.18. The molecule has 6 heterocycles. The number of alkyl halides is 3. The minimum Gasteiger partial charge on any atom is -0.493 e. The third-order valence-electron chi connectivity index (χ3n) is 8.20. The Labute approximate surface area is 258 Å². The van der Waals surface area contributed by atoms with Gasteiger partial charge in [0, 0.05) is 63.6 Å². The van der Waals surface area contributed by atoms with Gasteiger partial charge in [0.25, 0.3) is 0 Å². The van der Waals surface area contributed by atoms with Crippen LogP contribution in [0.1, 0.15) is 5.56 Å². The van der Waals surface area contributed by atoms with Crippen LogP contribution in [0.4, 0.5) is 23.7 Å². The zero-order valence-electron chi connectivity index (χ0n) is 25.5. The first-order chi connectivity index (χ1) is 21.2. The number of anilines is 1. The summed E-state index contributed by atoms with van der Waals surface area (Å²) in [4.78, 5) is 23.4. The van der Waals surface area contributed by atoms with E-state index in [1.165, 1.54) is 27.5 Å². The van der Waals surface area contributed by atoms with Gasteiger partial charge in [-0.25, -0.2) is 19.0 Å². The van der Waals surface area contributed by atoms with Crippen LogP contribution < -0.4 is 9.64 Å². The lowest BCUT2D eigenvalue weighted by atomic mass is 9.73. The molecule has 12 nitrogen and oxygen atoms in total. The first-order valence-corrected chi connectivity index (χ1v) is 18.3. The fourth-order valence-electron chi connectivity index (χ4n) is 5.95. The van der Waals surface area contributed by atoms with Crippen LogP contribution in [0.25, 0.3) is 28.3 Å². The maximum Gasteiger partial charge on any atom is 0.407 e. The predicted molar refractivity (Wildman–Crippen MR) is 162 cm³/mol. The molecule has 0 aromatic carbocycles. The fourth-order valence-corrected chi connectivity index (χ4v) is 6.71. The van der Waals surface area contributed by atoms with E-state index in [2.05, 4.69) is 44.7 Å². The molecule has 16 heteroatoms. The lowest BCUT2D eigenvalue weighted by Gasteiger charge is -2.60. The minimum atomic E-state index is -4.53. The van der Waals surface area contributed by atoms with Crippen LogP contribution in [0, 0.1) is 5.41 Å². The van der Waals surface area contributed by atoms with Crippen molar-refractivity contribution in [1.29, 1.82) is 0 Å². The van der Waals surface area contributed by atoms with Gasteiger partial charge in [0.05, 0.1) is 36.8 Å². The maximum atomic E-state index is 14.2. The zero-order valence-corrected chi connectivity index (χ0v) is 26.5. The molecule has 45 heavy (non-hydrogen) atoms. The molecule has 1 spiro atoms. The summed E-state index contributed by atoms with van der Waals surface area (Å²) in [7, 11) is 0.0547. The van der Waals surface area contributed by atoms with Crippen LogP contribution in [-0.2, 0) is 17.9 Å². The van der Waals surface area contributed by atoms with Gasteiger partial charge in [-0.1, -0.05) is 19.6 Å². The highest BCUT2D eigenvalue weighted by Gasteiger charge is 2.53. The summed E-state index contributed by atoms with van der Waals surface area (Å²) in [6.07, 6.45) is -2.11. The van der Waals surface area contributed by atoms with Crippen molar-refractivity contribution >= 4 is 25.5 Å². The number of likely N-dealkylation sites (tertiary alicyclic amines) is 1. The minimum absolute atomic E-state index is 0.0378. The van der Waals surface area contributed by atoms with Crippen LogP contribution >= 0.6 is 0 Å². The molecule has 0 atom stereocenters. The van der Waals surface area contributed by atoms with Gasteiger partial charge in [0.2, 0.25) is 0 Å². The number of hydrogen-bond acceptors (Lipinski definition) is 8. The van der Waals surface area contributed by atoms with Gasteiger partial charge in [-0.3, -0.25) is 4.98 Å². The highest BCUT2D eigenvalue weighted by atomic mass is 28.3. The first-order valence-electron chi connectivity index (χ1n) is 14.6. The summed E-state index contributed by atoms with van der Waals surface area (Å²) < 4.78 is 56.9. The van der Waals surface area contributed by atoms with Crippen LogP contribution in [0.5, 0.6) is 5.75 Å². The van der Waals surface area contributed by atoms with E-state index in [0.29, 0.717) is 55.4 Å². The molecule has 0 radical (unpaired) electrons. The number of rotatable bonds is 10. The largest absolute Gasteiger partial charge is 0.493 e. The molecule has 2 fully saturated rings. The summed E-state index contributed by atoms with van der Waals surface area (Å²) in [6, 6.07) is 6.01. The molecule has 0 unspecified atom stereocenters. The Balaban J connectivity index is 1.36. The van der Waals surface area contributed by atoms with E-state index in [1.54, 1.807) is 24.5 Å². The van der Waals surface area contributed by atoms with E-state index in [4.69, 9.17) is 14.6 Å². The van der Waals surface area contributed by atoms with E-state index < -0.39 is 26.8 Å². The molecule has 1 amide bonds. The predicted octanol–water partition coefficient (Wildman–Crippen LogP) is 4.88. The number of ether oxygens (including phenoxy) is 2. The van der Waals surface area contributed by atoms with Crippen molar-refractivity contribution in [3.05, 3.63) is 42.5 Å². The number of carboxylic acid groups (broad SMARTS) is 1. The normalized spacial score (nSPS) is 16.2. The van der Waals surface area contributed by atoms with Crippen molar-refractivity contribution < 1.29 is 32.5 Å². The topological polar surface area (TPSA) is 123 Å². The molecule has 2 aliphatic rings. The standard InChI is InChI=1S/C29H35F3N8O4Si/c1-43-23-9-19(12-39-26(23)34-17-35-39)25-21(10-29(30,31)32)24(36-40(25)18-44-7-8-45(2,3)4)22-6-5-20(11-33-22)37-13-28(14-37)15-38(16-28)27(41)42/h5-6,9,11-12,17H,7-8,10,13-16,18H2,1-4H3,(H,41,42). The molecule has 0 bridgehead atoms. The SMILES string of the molecule is COc1cc(-c2c(CC(F)(F)F)c(-c3ccc(N4CC5(CN(C(=O)O)C5)C4)cn3)nn2COCC[Si](C)(C)C)cn2ncnc12. The van der Waals surface area contributed by atoms with Crippen molar-refractivity contribution in [2.75, 3.05) is 44.8 Å². The summed E-state index contributed by atoms with van der Waals surface area (Å²) in [6.45, 7) is 9.45. The molecule has 240 valence electrons. The number of aromatic nitrogens is 6. The average Bonchev–Trinajstić information content (AvgIpc) is 3.52. The monoisotopic (exact) mass is 644 g/mol. The summed E-state index contributed by atoms with van der Waals surface area (Å²) in [5.74, 6) is 0.352. The number of carbonyl (C=O) groups is 1. The number of hydrogen-bond donors (Lipinski definition) is 1. The van der Waals surface area contributed by atoms with E-state index in [9.17, 15) is 18.0 Å². The number of methoxy groups -OCH3 is 1. The number of fused-ring (bicyclic) bond motifs is 1. The molecular weight excluding hydrogens is 609 g/mol. The lowest BCUT2D eigenvalue weighted by Crippen LogP contribution is -2.73. The van der Waals surface area contributed by atoms with Crippen LogP contribution in [0.3, 0.4) is 0 Å². The number of halogens is 3. The van der Waals surface area contributed by atoms with E-state index in [-0.39, 0.29) is 29.1 Å². The smallest absolute Gasteiger partial charge is 0.407 e. The fraction of sp³-hybridized carbons (Fsp3) is 0.483. The number of amides is 1. The van der Waals surface area contributed by atoms with Crippen molar-refractivity contribution in [3.8, 4) is 28.4 Å². The molecule has 0 aliphatic carbocycles. The van der Waals surface area contributed by atoms with E-state index in [1.807, 2.05) is 6.07 Å². The van der Waals surface area contributed by atoms with Gasteiger partial charge in [-0.15, -0.1) is 0 Å². The Morgan fingerprint density at radius 3 is 2.51 bits per heavy atom. The van der Waals surface area contributed by atoms with Gasteiger partial charge in [0.15, 0.2) is 11.4 Å². The van der Waals surface area contributed by atoms with Crippen molar-refractivity contribution in [1.82, 2.24) is 34.3 Å². The second-order valence-electron chi connectivity index (χ2n) is 13.0. The second-order valence-corrected chi connectivity index (χ2v) is 18.7. The van der Waals surface area contributed by atoms with Gasteiger partial charge < -0.3 is 24.4 Å². The Morgan fingerprint density at radius 1 is 1.13 bits per heavy atom. The summed E-state index contributed by atoms with van der Waals surface area (Å²) in [5.41, 5.74) is 2.20. The van der Waals surface area contributed by atoms with E-state index >= 15 is 0 Å². The second kappa shape index (κ2) is 11.3. The molecular formula is C29H35F3N8O4Si. The van der Waals surface area contributed by atoms with Crippen LogP contribution in [0.2, 0.25) is 25.7 Å². The van der Waals surface area contributed by atoms with Gasteiger partial charge in [-0.2, -0.15) is 23.4 Å². The Kier molecular flexibility index (Phi) is 7.75. The highest BCUT2D eigenvalue weighted by Crippen LogP contribution is 2.42. The lowest BCUT2D eigenvalue weighted by molar-refractivity contribution is -0.127. The van der Waals surface area contributed by atoms with Gasteiger partial charge in [-0.05, 0) is 24.2 Å². The third kappa shape index (κ3) is 6.33.